The summed E-state index contributed by atoms with van der Waals surface area (Å²) in [5.41, 5.74) is 8.35. The Labute approximate surface area is 78.2 Å². The number of carbonyl (C=O) groups is 3. The Morgan fingerprint density at radius 2 is 2.00 bits per heavy atom. The lowest BCUT2D eigenvalue weighted by Crippen LogP contribution is -2.46. The van der Waals surface area contributed by atoms with E-state index in [1.165, 1.54) is 18.4 Å². The van der Waals surface area contributed by atoms with Crippen molar-refractivity contribution in [2.24, 2.45) is 5.73 Å². The van der Waals surface area contributed by atoms with Gasteiger partial charge in [0.05, 0.1) is 6.26 Å². The number of nitrogens with two attached hydrogens (primary N) is 1. The smallest absolute Gasteiger partial charge is 0.327 e. The molecule has 0 aliphatic carbocycles. The maximum Gasteiger partial charge on any atom is 0.327 e. The molecule has 0 fully saturated rings. The first-order valence-electron chi connectivity index (χ1n) is 3.55. The number of hydrogen-bond acceptors (Lipinski definition) is 4. The summed E-state index contributed by atoms with van der Waals surface area (Å²) in [7, 11) is 0. The summed E-state index contributed by atoms with van der Waals surface area (Å²) in [6.07, 6.45) is 1.30. The Morgan fingerprint density at radius 3 is 2.50 bits per heavy atom. The van der Waals surface area contributed by atoms with Crippen LogP contribution in [0.3, 0.4) is 0 Å². The van der Waals surface area contributed by atoms with E-state index in [0.717, 1.165) is 0 Å². The Balaban J connectivity index is 2.44. The quantitative estimate of drug-likeness (QED) is 0.376. The minimum absolute atomic E-state index is 0.00905. The van der Waals surface area contributed by atoms with Crippen LogP contribution in [-0.2, 0) is 9.59 Å². The van der Waals surface area contributed by atoms with Crippen molar-refractivity contribution < 1.29 is 18.8 Å². The van der Waals surface area contributed by atoms with Crippen molar-refractivity contribution in [2.45, 2.75) is 0 Å². The Bertz CT molecular complexity index is 357. The van der Waals surface area contributed by atoms with Gasteiger partial charge in [-0.25, -0.2) is 0 Å². The Morgan fingerprint density at radius 1 is 1.29 bits per heavy atom. The molecule has 7 nitrogen and oxygen atoms in total. The highest BCUT2D eigenvalue weighted by molar-refractivity contribution is 6.34. The molecule has 1 rings (SSSR count). The van der Waals surface area contributed by atoms with Crippen LogP contribution in [0.1, 0.15) is 10.6 Å². The van der Waals surface area contributed by atoms with Gasteiger partial charge in [-0.2, -0.15) is 0 Å². The molecular formula is C7H7N3O4. The number of hydrazine groups is 1. The van der Waals surface area contributed by atoms with Gasteiger partial charge in [-0.3, -0.25) is 25.2 Å². The van der Waals surface area contributed by atoms with Crippen LogP contribution in [0.4, 0.5) is 0 Å². The molecule has 0 radical (unpaired) electrons. The third-order valence-corrected chi connectivity index (χ3v) is 1.26. The van der Waals surface area contributed by atoms with Gasteiger partial charge in [0.25, 0.3) is 0 Å². The maximum absolute atomic E-state index is 11.1. The highest BCUT2D eigenvalue weighted by atomic mass is 16.3. The standard InChI is InChI=1S/C7H7N3O4/c8-5(11)7(13)10-9-6(12)4-2-1-3-14-4/h1-3H,(H2,8,11)(H,9,12)(H,10,13). The molecule has 1 aromatic rings. The van der Waals surface area contributed by atoms with Crippen LogP contribution in [0.15, 0.2) is 22.8 Å². The van der Waals surface area contributed by atoms with Crippen molar-refractivity contribution in [3.8, 4) is 0 Å². The number of furan rings is 1. The second-order valence-corrected chi connectivity index (χ2v) is 2.25. The molecule has 0 spiro atoms. The van der Waals surface area contributed by atoms with E-state index in [4.69, 9.17) is 4.42 Å². The predicted molar refractivity (Wildman–Crippen MR) is 43.5 cm³/mol. The molecule has 4 N–H and O–H groups in total. The summed E-state index contributed by atoms with van der Waals surface area (Å²) >= 11 is 0. The number of amides is 3. The van der Waals surface area contributed by atoms with Gasteiger partial charge in [-0.1, -0.05) is 0 Å². The average molecular weight is 197 g/mol. The van der Waals surface area contributed by atoms with Gasteiger partial charge >= 0.3 is 17.7 Å². The minimum atomic E-state index is -1.19. The number of hydrogen-bond donors (Lipinski definition) is 3. The fourth-order valence-electron chi connectivity index (χ4n) is 0.644. The van der Waals surface area contributed by atoms with Gasteiger partial charge in [0, 0.05) is 0 Å². The van der Waals surface area contributed by atoms with Crippen LogP contribution >= 0.6 is 0 Å². The molecule has 1 heterocycles. The number of primary amides is 1. The van der Waals surface area contributed by atoms with Crippen molar-refractivity contribution in [2.75, 3.05) is 0 Å². The zero-order valence-electron chi connectivity index (χ0n) is 6.94. The molecule has 0 atom stereocenters. The van der Waals surface area contributed by atoms with Gasteiger partial charge in [0.1, 0.15) is 0 Å². The van der Waals surface area contributed by atoms with E-state index in [2.05, 4.69) is 5.73 Å². The lowest BCUT2D eigenvalue weighted by Gasteiger charge is -2.02. The molecule has 0 bridgehead atoms. The summed E-state index contributed by atoms with van der Waals surface area (Å²) in [6.45, 7) is 0. The summed E-state index contributed by atoms with van der Waals surface area (Å²) < 4.78 is 4.71. The third kappa shape index (κ3) is 2.34. The molecular weight excluding hydrogens is 190 g/mol. The third-order valence-electron chi connectivity index (χ3n) is 1.26. The molecule has 0 saturated heterocycles. The van der Waals surface area contributed by atoms with E-state index < -0.39 is 17.7 Å². The predicted octanol–water partition coefficient (Wildman–Crippen LogP) is -1.47. The van der Waals surface area contributed by atoms with Crippen LogP contribution in [0.2, 0.25) is 0 Å². The van der Waals surface area contributed by atoms with Gasteiger partial charge in [-0.05, 0) is 12.1 Å². The van der Waals surface area contributed by atoms with Gasteiger partial charge in [-0.15, -0.1) is 0 Å². The zero-order valence-corrected chi connectivity index (χ0v) is 6.94. The lowest BCUT2D eigenvalue weighted by molar-refractivity contribution is -0.137. The molecule has 1 aromatic heterocycles. The Hall–Kier alpha value is -2.31. The van der Waals surface area contributed by atoms with E-state index in [1.54, 1.807) is 5.43 Å². The second-order valence-electron chi connectivity index (χ2n) is 2.25. The van der Waals surface area contributed by atoms with Crippen molar-refractivity contribution in [1.82, 2.24) is 10.9 Å². The molecule has 7 heteroatoms. The number of carbonyl (C=O) groups excluding carboxylic acids is 3. The first-order valence-corrected chi connectivity index (χ1v) is 3.55. The topological polar surface area (TPSA) is 114 Å². The molecule has 0 aliphatic heterocycles. The van der Waals surface area contributed by atoms with Crippen LogP contribution in [0.5, 0.6) is 0 Å². The highest BCUT2D eigenvalue weighted by Gasteiger charge is 2.12. The van der Waals surface area contributed by atoms with E-state index in [1.807, 2.05) is 5.43 Å². The fraction of sp³-hybridized carbons (Fsp3) is 0. The van der Waals surface area contributed by atoms with Crippen LogP contribution in [0.25, 0.3) is 0 Å². The van der Waals surface area contributed by atoms with Gasteiger partial charge in [0.15, 0.2) is 5.76 Å². The zero-order chi connectivity index (χ0) is 10.6. The summed E-state index contributed by atoms with van der Waals surface area (Å²) in [6, 6.07) is 2.90. The van der Waals surface area contributed by atoms with E-state index in [9.17, 15) is 14.4 Å². The van der Waals surface area contributed by atoms with Gasteiger partial charge < -0.3 is 10.2 Å². The molecule has 0 aromatic carbocycles. The van der Waals surface area contributed by atoms with Crippen molar-refractivity contribution in [3.05, 3.63) is 24.2 Å². The highest BCUT2D eigenvalue weighted by Crippen LogP contribution is 1.97. The molecule has 0 unspecified atom stereocenters. The Kier molecular flexibility index (Phi) is 2.85. The SMILES string of the molecule is NC(=O)C(=O)NNC(=O)c1ccco1. The van der Waals surface area contributed by atoms with Gasteiger partial charge in [0.2, 0.25) is 0 Å². The fourth-order valence-corrected chi connectivity index (χ4v) is 0.644. The second kappa shape index (κ2) is 4.08. The van der Waals surface area contributed by atoms with Crippen molar-refractivity contribution >= 4 is 17.7 Å². The lowest BCUT2D eigenvalue weighted by atomic mass is 10.4. The van der Waals surface area contributed by atoms with Crippen molar-refractivity contribution in [3.63, 3.8) is 0 Å². The average Bonchev–Trinajstić information content (AvgIpc) is 2.66. The first kappa shape index (κ1) is 9.78. The molecule has 14 heavy (non-hydrogen) atoms. The summed E-state index contributed by atoms with van der Waals surface area (Å²) in [5.74, 6) is -2.96. The summed E-state index contributed by atoms with van der Waals surface area (Å²) in [4.78, 5) is 31.9. The minimum Gasteiger partial charge on any atom is -0.459 e. The van der Waals surface area contributed by atoms with Crippen LogP contribution in [-0.4, -0.2) is 17.7 Å². The first-order chi connectivity index (χ1) is 6.61. The monoisotopic (exact) mass is 197 g/mol. The number of nitrogens with one attached hydrogen (secondary N) is 2. The normalized spacial score (nSPS) is 9.14. The maximum atomic E-state index is 11.1. The van der Waals surface area contributed by atoms with Crippen LogP contribution in [0, 0.1) is 0 Å². The molecule has 74 valence electrons. The van der Waals surface area contributed by atoms with Crippen LogP contribution < -0.4 is 16.6 Å². The largest absolute Gasteiger partial charge is 0.459 e. The summed E-state index contributed by atoms with van der Waals surface area (Å²) in [5, 5.41) is 0. The molecule has 0 saturated carbocycles. The van der Waals surface area contributed by atoms with E-state index in [0.29, 0.717) is 0 Å². The van der Waals surface area contributed by atoms with E-state index >= 15 is 0 Å². The number of rotatable bonds is 1. The van der Waals surface area contributed by atoms with Crippen molar-refractivity contribution in [1.29, 1.82) is 0 Å². The van der Waals surface area contributed by atoms with E-state index in [-0.39, 0.29) is 5.76 Å². The molecule has 0 aliphatic rings. The molecule has 3 amide bonds.